The number of aromatic nitrogens is 1. The largest absolute Gasteiger partial charge is 0.508 e. The standard InChI is InChI=1S/C42H46FN5O13/c1-17-14-46(30-22(43)13-19-29(36(30)61-5)48(18-9-10-18)15-20(32(19)50)40(57)58)11-12-47(17)16-44-39(56)26-34(52)31(45(3)4)28-35(53)27-25(37(54)42(28,60)38(26)55)33(51)24-21(41(27,2)59)7-6-8-23(24)49/h6-8,13,15,17-18,27-28,31,35,49,51,53,55,59-60H,9-12,14,16H2,1-5H3,(H,44,56)(H,57,58)/t17?,27?,28?,31-,35-,41+,42-/m0/s1. The molecule has 5 aliphatic rings. The molecule has 8 N–H and O–H groups in total. The van der Waals surface area contributed by atoms with Crippen molar-refractivity contribution in [1.82, 2.24) is 19.7 Å². The summed E-state index contributed by atoms with van der Waals surface area (Å²) < 4.78 is 23.4. The number of phenolic OH excluding ortho intramolecular Hbond substituents is 1. The second-order valence-electron chi connectivity index (χ2n) is 16.9. The lowest BCUT2D eigenvalue weighted by molar-refractivity contribution is -0.181. The Hall–Kier alpha value is -5.86. The van der Waals surface area contributed by atoms with Gasteiger partial charge in [-0.15, -0.1) is 0 Å². The molecule has 3 unspecified atom stereocenters. The number of carboxylic acids is 1. The van der Waals surface area contributed by atoms with E-state index < -0.39 is 110 Å². The maximum absolute atomic E-state index is 16.0. The molecule has 4 aliphatic carbocycles. The van der Waals surface area contributed by atoms with Crippen LogP contribution in [0.5, 0.6) is 11.5 Å². The predicted octanol–water partition coefficient (Wildman–Crippen LogP) is 0.895. The fourth-order valence-electron chi connectivity index (χ4n) is 10.00. The van der Waals surface area contributed by atoms with Crippen LogP contribution >= 0.6 is 0 Å². The first-order chi connectivity index (χ1) is 28.7. The minimum Gasteiger partial charge on any atom is -0.508 e. The third-order valence-corrected chi connectivity index (χ3v) is 13.1. The molecular weight excluding hydrogens is 801 g/mol. The molecule has 18 nitrogen and oxygen atoms in total. The zero-order chi connectivity index (χ0) is 44.4. The average molecular weight is 848 g/mol. The number of halogens is 1. The van der Waals surface area contributed by atoms with Crippen LogP contribution in [0.1, 0.15) is 54.2 Å². The van der Waals surface area contributed by atoms with Gasteiger partial charge in [0.05, 0.1) is 65.4 Å². The van der Waals surface area contributed by atoms with Crippen LogP contribution in [0.4, 0.5) is 10.1 Å². The Morgan fingerprint density at radius 1 is 1.08 bits per heavy atom. The van der Waals surface area contributed by atoms with Gasteiger partial charge in [-0.1, -0.05) is 12.1 Å². The molecule has 7 atom stereocenters. The Morgan fingerprint density at radius 2 is 1.77 bits per heavy atom. The first-order valence-corrected chi connectivity index (χ1v) is 19.7. The number of likely N-dealkylation sites (N-methyl/N-ethyl adjacent to an activating group) is 1. The van der Waals surface area contributed by atoms with Crippen molar-refractivity contribution in [3.63, 3.8) is 0 Å². The molecule has 2 heterocycles. The summed E-state index contributed by atoms with van der Waals surface area (Å²) in [5, 5.41) is 81.9. The monoisotopic (exact) mass is 847 g/mol. The van der Waals surface area contributed by atoms with Crippen LogP contribution in [0, 0.1) is 17.7 Å². The van der Waals surface area contributed by atoms with Crippen molar-refractivity contribution >= 4 is 45.8 Å². The number of carboxylic acid groups (broad SMARTS) is 1. The molecule has 3 aromatic rings. The van der Waals surface area contributed by atoms with Crippen molar-refractivity contribution in [2.75, 3.05) is 52.4 Å². The number of hydrogen-bond acceptors (Lipinski definition) is 15. The van der Waals surface area contributed by atoms with Gasteiger partial charge < -0.3 is 55.3 Å². The van der Waals surface area contributed by atoms with Gasteiger partial charge in [0.2, 0.25) is 11.2 Å². The lowest BCUT2D eigenvalue weighted by Crippen LogP contribution is -2.72. The van der Waals surface area contributed by atoms with Crippen molar-refractivity contribution < 1.29 is 64.1 Å². The molecule has 0 radical (unpaired) electrons. The summed E-state index contributed by atoms with van der Waals surface area (Å²) in [5.41, 5.74) is -8.34. The second-order valence-corrected chi connectivity index (χ2v) is 16.9. The van der Waals surface area contributed by atoms with E-state index in [9.17, 15) is 59.7 Å². The fraction of sp³-hybridized carbons (Fsp3) is 0.452. The Balaban J connectivity index is 1.08. The van der Waals surface area contributed by atoms with Gasteiger partial charge >= 0.3 is 5.97 Å². The number of phenols is 1. The Kier molecular flexibility index (Phi) is 9.86. The summed E-state index contributed by atoms with van der Waals surface area (Å²) in [6, 6.07) is 2.86. The van der Waals surface area contributed by atoms with Crippen molar-refractivity contribution in [2.24, 2.45) is 11.8 Å². The highest BCUT2D eigenvalue weighted by Crippen LogP contribution is 2.57. The number of hydrogen-bond donors (Lipinski definition) is 8. The van der Waals surface area contributed by atoms with Crippen LogP contribution in [0.15, 0.2) is 52.2 Å². The number of ether oxygens (including phenoxy) is 1. The zero-order valence-electron chi connectivity index (χ0n) is 33.8. The Morgan fingerprint density at radius 3 is 2.38 bits per heavy atom. The molecule has 1 amide bonds. The number of methoxy groups -OCH3 is 1. The number of aliphatic hydroxyl groups is 5. The van der Waals surface area contributed by atoms with Crippen LogP contribution in [-0.2, 0) is 20.0 Å². The molecule has 19 heteroatoms. The maximum atomic E-state index is 16.0. The number of rotatable bonds is 8. The van der Waals surface area contributed by atoms with Gasteiger partial charge in [0.1, 0.15) is 34.1 Å². The highest BCUT2D eigenvalue weighted by Gasteiger charge is 2.70. The summed E-state index contributed by atoms with van der Waals surface area (Å²) in [5.74, 6) is -12.0. The third-order valence-electron chi connectivity index (χ3n) is 13.1. The minimum atomic E-state index is -3.16. The van der Waals surface area contributed by atoms with E-state index in [2.05, 4.69) is 5.32 Å². The quantitative estimate of drug-likeness (QED) is 0.146. The highest BCUT2D eigenvalue weighted by molar-refractivity contribution is 6.25. The van der Waals surface area contributed by atoms with E-state index in [0.717, 1.165) is 18.9 Å². The molecule has 1 aliphatic heterocycles. The van der Waals surface area contributed by atoms with Gasteiger partial charge in [-0.05, 0) is 58.5 Å². The predicted molar refractivity (Wildman–Crippen MR) is 214 cm³/mol. The molecule has 324 valence electrons. The lowest BCUT2D eigenvalue weighted by atomic mass is 9.53. The molecule has 8 rings (SSSR count). The summed E-state index contributed by atoms with van der Waals surface area (Å²) in [7, 11) is 4.14. The number of pyridine rings is 1. The third kappa shape index (κ3) is 5.96. The molecule has 2 saturated carbocycles. The molecule has 0 spiro atoms. The average Bonchev–Trinajstić information content (AvgIpc) is 4.04. The van der Waals surface area contributed by atoms with E-state index in [4.69, 9.17) is 4.74 Å². The summed E-state index contributed by atoms with van der Waals surface area (Å²) >= 11 is 0. The van der Waals surface area contributed by atoms with Gasteiger partial charge in [-0.2, -0.15) is 0 Å². The van der Waals surface area contributed by atoms with E-state index >= 15 is 4.39 Å². The zero-order valence-corrected chi connectivity index (χ0v) is 33.8. The van der Waals surface area contributed by atoms with Crippen LogP contribution in [0.25, 0.3) is 16.7 Å². The molecule has 61 heavy (non-hydrogen) atoms. The first-order valence-electron chi connectivity index (χ1n) is 19.7. The van der Waals surface area contributed by atoms with E-state index in [1.165, 1.54) is 57.4 Å². The summed E-state index contributed by atoms with van der Waals surface area (Å²) in [4.78, 5) is 72.5. The van der Waals surface area contributed by atoms with Crippen LogP contribution in [0.2, 0.25) is 0 Å². The van der Waals surface area contributed by atoms with Gasteiger partial charge in [-0.25, -0.2) is 9.18 Å². The van der Waals surface area contributed by atoms with Crippen molar-refractivity contribution in [1.29, 1.82) is 0 Å². The molecule has 1 aromatic heterocycles. The Labute approximate surface area is 347 Å². The number of aliphatic hydroxyl groups excluding tert-OH is 3. The van der Waals surface area contributed by atoms with Crippen LogP contribution < -0.4 is 20.4 Å². The van der Waals surface area contributed by atoms with Crippen LogP contribution in [-0.4, -0.2) is 145 Å². The minimum absolute atomic E-state index is 0.0355. The van der Waals surface area contributed by atoms with E-state index in [-0.39, 0.29) is 65.8 Å². The molecule has 2 aromatic carbocycles. The number of anilines is 1. The number of aromatic carboxylic acids is 1. The smallest absolute Gasteiger partial charge is 0.341 e. The number of ketones is 2. The SMILES string of the molecule is COc1c(N2CCN(CNC(=O)C3=C(O)[C@@]4(O)C(=O)C5=C(O)c6c(O)cccc6[C@@](C)(O)C5[C@H](O)C4[C@H](N(C)C)C3=O)C(C)C2)c(F)cc2c(=O)c(C(=O)O)cn(C3CC3)c12. The fourth-order valence-corrected chi connectivity index (χ4v) is 10.00. The second kappa shape index (κ2) is 14.4. The molecular formula is C42H46FN5O13. The van der Waals surface area contributed by atoms with Crippen molar-refractivity contribution in [3.8, 4) is 11.5 Å². The maximum Gasteiger partial charge on any atom is 0.341 e. The number of nitrogens with zero attached hydrogens (tertiary/aromatic N) is 4. The van der Waals surface area contributed by atoms with Gasteiger partial charge in [0, 0.05) is 37.9 Å². The van der Waals surface area contributed by atoms with E-state index in [1.54, 1.807) is 21.3 Å². The number of aromatic hydroxyl groups is 1. The topological polar surface area (TPSA) is 263 Å². The number of fused-ring (bicyclic) bond motifs is 4. The van der Waals surface area contributed by atoms with E-state index in [1.807, 2.05) is 0 Å². The number of nitrogens with one attached hydrogen (secondary N) is 1. The van der Waals surface area contributed by atoms with E-state index in [0.29, 0.717) is 0 Å². The number of carbonyl (C=O) groups excluding carboxylic acids is 3. The number of Topliss-reactive ketones (excluding diaryl/α,β-unsaturated/α-hetero) is 2. The number of benzene rings is 2. The first kappa shape index (κ1) is 41.9. The number of piperazine rings is 1. The van der Waals surface area contributed by atoms with Crippen LogP contribution in [0.3, 0.4) is 0 Å². The summed E-state index contributed by atoms with van der Waals surface area (Å²) in [6.45, 7) is 3.34. The molecule has 0 bridgehead atoms. The van der Waals surface area contributed by atoms with Gasteiger partial charge in [-0.3, -0.25) is 29.0 Å². The molecule has 3 fully saturated rings. The molecule has 1 saturated heterocycles. The van der Waals surface area contributed by atoms with Gasteiger partial charge in [0.15, 0.2) is 23.0 Å². The summed E-state index contributed by atoms with van der Waals surface area (Å²) in [6.07, 6.45) is 0.750. The number of amides is 1. The Bertz CT molecular complexity index is 2580. The normalized spacial score (nSPS) is 29.1. The van der Waals surface area contributed by atoms with Crippen molar-refractivity contribution in [2.45, 2.75) is 62.1 Å². The highest BCUT2D eigenvalue weighted by atomic mass is 19.1. The lowest BCUT2D eigenvalue weighted by Gasteiger charge is -2.55. The number of carbonyl (C=O) groups is 4. The van der Waals surface area contributed by atoms with Crippen molar-refractivity contribution in [3.05, 3.63) is 80.1 Å². The van der Waals surface area contributed by atoms with Gasteiger partial charge in [0.25, 0.3) is 5.91 Å².